The second kappa shape index (κ2) is 6.65. The molecule has 2 N–H and O–H groups in total. The first kappa shape index (κ1) is 16.1. The van der Waals surface area contributed by atoms with Crippen LogP contribution in [0.3, 0.4) is 0 Å². The molecule has 0 saturated carbocycles. The summed E-state index contributed by atoms with van der Waals surface area (Å²) >= 11 is 0. The van der Waals surface area contributed by atoms with Crippen LogP contribution >= 0.6 is 0 Å². The summed E-state index contributed by atoms with van der Waals surface area (Å²) in [4.78, 5) is 37.3. The molecule has 0 bridgehead atoms. The zero-order valence-corrected chi connectivity index (χ0v) is 12.5. The maximum absolute atomic E-state index is 12.2. The largest absolute Gasteiger partial charge is 0.326 e. The fourth-order valence-corrected chi connectivity index (χ4v) is 1.94. The van der Waals surface area contributed by atoms with Crippen LogP contribution in [-0.2, 0) is 4.79 Å². The summed E-state index contributed by atoms with van der Waals surface area (Å²) in [6, 6.07) is 7.82. The Morgan fingerprint density at radius 1 is 1.22 bits per heavy atom. The van der Waals surface area contributed by atoms with Gasteiger partial charge in [-0.1, -0.05) is 6.07 Å². The van der Waals surface area contributed by atoms with Gasteiger partial charge in [0.2, 0.25) is 5.91 Å². The van der Waals surface area contributed by atoms with E-state index >= 15 is 0 Å². The Kier molecular flexibility index (Phi) is 4.65. The average Bonchev–Trinajstić information content (AvgIpc) is 2.46. The smallest absolute Gasteiger partial charge is 0.290 e. The number of aryl methyl sites for hydroxylation is 1. The van der Waals surface area contributed by atoms with Crippen molar-refractivity contribution in [3.8, 4) is 0 Å². The summed E-state index contributed by atoms with van der Waals surface area (Å²) in [5, 5.41) is 15.9. The molecule has 0 unspecified atom stereocenters. The maximum atomic E-state index is 12.2. The van der Waals surface area contributed by atoms with Crippen molar-refractivity contribution in [2.24, 2.45) is 0 Å². The Hall–Kier alpha value is -3.29. The number of nitro groups is 1. The third-order valence-electron chi connectivity index (χ3n) is 2.97. The third kappa shape index (κ3) is 4.10. The van der Waals surface area contributed by atoms with E-state index in [0.717, 1.165) is 6.20 Å². The maximum Gasteiger partial charge on any atom is 0.290 e. The van der Waals surface area contributed by atoms with Gasteiger partial charge in [-0.15, -0.1) is 0 Å². The highest BCUT2D eigenvalue weighted by Gasteiger charge is 2.13. The van der Waals surface area contributed by atoms with Gasteiger partial charge >= 0.3 is 0 Å². The number of amides is 2. The lowest BCUT2D eigenvalue weighted by Gasteiger charge is -2.07. The fraction of sp³-hybridized carbons (Fsp3) is 0.133. The van der Waals surface area contributed by atoms with Crippen LogP contribution in [-0.4, -0.2) is 21.7 Å². The van der Waals surface area contributed by atoms with Crippen LogP contribution in [0.4, 0.5) is 17.2 Å². The molecule has 0 atom stereocenters. The molecule has 1 heterocycles. The van der Waals surface area contributed by atoms with Crippen LogP contribution in [0.2, 0.25) is 0 Å². The topological polar surface area (TPSA) is 114 Å². The Morgan fingerprint density at radius 2 is 1.96 bits per heavy atom. The van der Waals surface area contributed by atoms with Gasteiger partial charge in [-0.2, -0.15) is 0 Å². The number of nitrogens with one attached hydrogen (secondary N) is 2. The van der Waals surface area contributed by atoms with Crippen LogP contribution in [0.5, 0.6) is 0 Å². The number of hydrogen-bond acceptors (Lipinski definition) is 5. The van der Waals surface area contributed by atoms with Crippen molar-refractivity contribution in [3.05, 3.63) is 57.8 Å². The van der Waals surface area contributed by atoms with E-state index in [2.05, 4.69) is 15.6 Å². The summed E-state index contributed by atoms with van der Waals surface area (Å²) in [5.41, 5.74) is 1.11. The van der Waals surface area contributed by atoms with Crippen LogP contribution in [0.1, 0.15) is 22.8 Å². The lowest BCUT2D eigenvalue weighted by Crippen LogP contribution is -2.14. The van der Waals surface area contributed by atoms with Gasteiger partial charge in [0.1, 0.15) is 12.0 Å². The number of anilines is 2. The first-order valence-corrected chi connectivity index (χ1v) is 6.67. The van der Waals surface area contributed by atoms with Crippen molar-refractivity contribution in [1.82, 2.24) is 4.98 Å². The third-order valence-corrected chi connectivity index (χ3v) is 2.97. The lowest BCUT2D eigenvalue weighted by molar-refractivity contribution is -0.385. The molecule has 0 radical (unpaired) electrons. The van der Waals surface area contributed by atoms with E-state index in [1.54, 1.807) is 25.1 Å². The highest BCUT2D eigenvalue weighted by molar-refractivity contribution is 6.04. The molecule has 0 saturated heterocycles. The normalized spacial score (nSPS) is 10.0. The summed E-state index contributed by atoms with van der Waals surface area (Å²) in [6.45, 7) is 2.93. The van der Waals surface area contributed by atoms with E-state index in [4.69, 9.17) is 0 Å². The monoisotopic (exact) mass is 314 g/mol. The number of pyridine rings is 1. The van der Waals surface area contributed by atoms with Gasteiger partial charge in [0.15, 0.2) is 0 Å². The second-order valence-corrected chi connectivity index (χ2v) is 4.83. The standard InChI is InChI=1S/C15H14N4O4/c1-9-6-14(16-8-13(9)19(22)23)18-15(21)11-4-3-5-12(7-11)17-10(2)20/h3-8H,1-2H3,(H,17,20)(H,16,18,21). The van der Waals surface area contributed by atoms with E-state index in [0.29, 0.717) is 16.8 Å². The molecule has 8 heteroatoms. The fourth-order valence-electron chi connectivity index (χ4n) is 1.94. The molecule has 1 aromatic heterocycles. The van der Waals surface area contributed by atoms with Crippen LogP contribution in [0, 0.1) is 17.0 Å². The molecule has 0 fully saturated rings. The van der Waals surface area contributed by atoms with Crippen molar-refractivity contribution in [2.75, 3.05) is 10.6 Å². The zero-order chi connectivity index (χ0) is 17.0. The molecular formula is C15H14N4O4. The number of carbonyl (C=O) groups is 2. The molecule has 2 amide bonds. The number of rotatable bonds is 4. The predicted octanol–water partition coefficient (Wildman–Crippen LogP) is 2.51. The van der Waals surface area contributed by atoms with E-state index in [1.807, 2.05) is 0 Å². The first-order chi connectivity index (χ1) is 10.9. The average molecular weight is 314 g/mol. The van der Waals surface area contributed by atoms with Gasteiger partial charge in [0.25, 0.3) is 11.6 Å². The highest BCUT2D eigenvalue weighted by Crippen LogP contribution is 2.19. The Labute approximate surface area is 131 Å². The molecule has 23 heavy (non-hydrogen) atoms. The van der Waals surface area contributed by atoms with E-state index in [-0.39, 0.29) is 17.4 Å². The summed E-state index contributed by atoms with van der Waals surface area (Å²) in [5.74, 6) is -0.462. The molecule has 2 aromatic rings. The number of hydrogen-bond donors (Lipinski definition) is 2. The quantitative estimate of drug-likeness (QED) is 0.664. The van der Waals surface area contributed by atoms with Crippen LogP contribution in [0.15, 0.2) is 36.5 Å². The van der Waals surface area contributed by atoms with Gasteiger partial charge in [0, 0.05) is 23.7 Å². The summed E-state index contributed by atoms with van der Waals surface area (Å²) in [7, 11) is 0. The van der Waals surface area contributed by atoms with E-state index in [1.165, 1.54) is 19.1 Å². The SMILES string of the molecule is CC(=O)Nc1cccc(C(=O)Nc2cc(C)c([N+](=O)[O-])cn2)c1. The molecule has 1 aromatic carbocycles. The molecule has 2 rings (SSSR count). The summed E-state index contributed by atoms with van der Waals surface area (Å²) < 4.78 is 0. The first-order valence-electron chi connectivity index (χ1n) is 6.67. The van der Waals surface area contributed by atoms with Crippen LogP contribution in [0.25, 0.3) is 0 Å². The van der Waals surface area contributed by atoms with Gasteiger partial charge in [-0.25, -0.2) is 4.98 Å². The summed E-state index contributed by atoms with van der Waals surface area (Å²) in [6.07, 6.45) is 1.10. The van der Waals surface area contributed by atoms with Crippen molar-refractivity contribution >= 4 is 29.0 Å². The van der Waals surface area contributed by atoms with Crippen molar-refractivity contribution in [1.29, 1.82) is 0 Å². The molecular weight excluding hydrogens is 300 g/mol. The predicted molar refractivity (Wildman–Crippen MR) is 84.3 cm³/mol. The van der Waals surface area contributed by atoms with Crippen molar-refractivity contribution in [3.63, 3.8) is 0 Å². The van der Waals surface area contributed by atoms with Gasteiger partial charge < -0.3 is 10.6 Å². The number of benzene rings is 1. The number of aromatic nitrogens is 1. The number of nitrogens with zero attached hydrogens (tertiary/aromatic N) is 2. The van der Waals surface area contributed by atoms with Crippen LogP contribution < -0.4 is 10.6 Å². The Bertz CT molecular complexity index is 789. The molecule has 0 aliphatic rings. The molecule has 118 valence electrons. The van der Waals surface area contributed by atoms with E-state index < -0.39 is 10.8 Å². The Morgan fingerprint density at radius 3 is 2.57 bits per heavy atom. The van der Waals surface area contributed by atoms with E-state index in [9.17, 15) is 19.7 Å². The van der Waals surface area contributed by atoms with Crippen molar-refractivity contribution < 1.29 is 14.5 Å². The second-order valence-electron chi connectivity index (χ2n) is 4.83. The minimum Gasteiger partial charge on any atom is -0.326 e. The number of carbonyl (C=O) groups excluding carboxylic acids is 2. The minimum absolute atomic E-state index is 0.115. The zero-order valence-electron chi connectivity index (χ0n) is 12.5. The van der Waals surface area contributed by atoms with Crippen molar-refractivity contribution in [2.45, 2.75) is 13.8 Å². The molecule has 0 aliphatic heterocycles. The highest BCUT2D eigenvalue weighted by atomic mass is 16.6. The van der Waals surface area contributed by atoms with Gasteiger partial charge in [-0.3, -0.25) is 19.7 Å². The molecule has 0 aliphatic carbocycles. The molecule has 8 nitrogen and oxygen atoms in total. The Balaban J connectivity index is 2.17. The molecule has 0 spiro atoms. The lowest BCUT2D eigenvalue weighted by atomic mass is 10.2. The van der Waals surface area contributed by atoms with Gasteiger partial charge in [0.05, 0.1) is 4.92 Å². The minimum atomic E-state index is -0.537. The van der Waals surface area contributed by atoms with Gasteiger partial charge in [-0.05, 0) is 31.2 Å².